The molecule has 1 aliphatic heterocycles. The molecule has 9 heteroatoms. The van der Waals surface area contributed by atoms with Gasteiger partial charge in [0.05, 0.1) is 29.0 Å². The van der Waals surface area contributed by atoms with Crippen LogP contribution in [0.4, 0.5) is 10.1 Å². The molecule has 1 unspecified atom stereocenters. The molecule has 1 aromatic carbocycles. The zero-order valence-electron chi connectivity index (χ0n) is 17.0. The van der Waals surface area contributed by atoms with Gasteiger partial charge in [-0.15, -0.1) is 0 Å². The number of aryl methyl sites for hydroxylation is 1. The van der Waals surface area contributed by atoms with Crippen LogP contribution < -0.4 is 15.6 Å². The van der Waals surface area contributed by atoms with Crippen LogP contribution in [-0.2, 0) is 11.4 Å². The molecule has 29 heavy (non-hydrogen) atoms. The number of aromatic nitrogens is 1. The van der Waals surface area contributed by atoms with Crippen LogP contribution in [0.25, 0.3) is 10.9 Å². The number of piperidine rings is 1. The summed E-state index contributed by atoms with van der Waals surface area (Å²) in [5.74, 6) is -1.91. The van der Waals surface area contributed by atoms with Crippen molar-refractivity contribution in [1.29, 1.82) is 0 Å². The number of anilines is 1. The number of oxime groups is 1. The molecule has 8 nitrogen and oxygen atoms in total. The van der Waals surface area contributed by atoms with E-state index in [1.54, 1.807) is 10.6 Å². The SMILES string of the molecule is CCn1cc(C(=O)O)c(=O)c2cc(F)c(N3CCC(C)(NC)/C(=N/OC)C3)cc21. The van der Waals surface area contributed by atoms with Crippen LogP contribution in [0.5, 0.6) is 0 Å². The standard InChI is InChI=1S/C20H25FN4O4/c1-5-24-10-13(19(27)28)18(26)12-8-14(21)16(9-15(12)24)25-7-6-20(2,22-3)17(11-25)23-29-4/h8-10,22H,5-7,11H2,1-4H3,(H,27,28)/b23-17+. The van der Waals surface area contributed by atoms with E-state index in [0.29, 0.717) is 37.3 Å². The number of carbonyl (C=O) groups is 1. The molecule has 156 valence electrons. The van der Waals surface area contributed by atoms with Crippen molar-refractivity contribution in [2.24, 2.45) is 5.16 Å². The maximum Gasteiger partial charge on any atom is 0.341 e. The van der Waals surface area contributed by atoms with Gasteiger partial charge in [0.25, 0.3) is 0 Å². The van der Waals surface area contributed by atoms with Gasteiger partial charge in [-0.1, -0.05) is 5.16 Å². The first-order chi connectivity index (χ1) is 13.8. The summed E-state index contributed by atoms with van der Waals surface area (Å²) in [6.45, 7) is 5.22. The number of carboxylic acids is 1. The van der Waals surface area contributed by atoms with Gasteiger partial charge in [0.15, 0.2) is 0 Å². The number of halogens is 1. The van der Waals surface area contributed by atoms with Crippen molar-refractivity contribution in [1.82, 2.24) is 9.88 Å². The van der Waals surface area contributed by atoms with E-state index in [0.717, 1.165) is 11.8 Å². The molecular weight excluding hydrogens is 379 g/mol. The molecule has 0 bridgehead atoms. The van der Waals surface area contributed by atoms with E-state index in [4.69, 9.17) is 4.84 Å². The fraction of sp³-hybridized carbons (Fsp3) is 0.450. The summed E-state index contributed by atoms with van der Waals surface area (Å²) in [7, 11) is 3.32. The van der Waals surface area contributed by atoms with Crippen LogP contribution in [0.15, 0.2) is 28.3 Å². The Balaban J connectivity index is 2.13. The van der Waals surface area contributed by atoms with Gasteiger partial charge in [0.1, 0.15) is 18.5 Å². The number of nitrogens with one attached hydrogen (secondary N) is 1. The molecular formula is C20H25FN4O4. The zero-order valence-corrected chi connectivity index (χ0v) is 17.0. The van der Waals surface area contributed by atoms with Crippen molar-refractivity contribution < 1.29 is 19.1 Å². The first-order valence-electron chi connectivity index (χ1n) is 9.40. The summed E-state index contributed by atoms with van der Waals surface area (Å²) in [6.07, 6.45) is 1.99. The maximum atomic E-state index is 15.0. The van der Waals surface area contributed by atoms with E-state index in [1.807, 2.05) is 25.8 Å². The molecule has 1 saturated heterocycles. The smallest absolute Gasteiger partial charge is 0.341 e. The number of pyridine rings is 1. The first-order valence-corrected chi connectivity index (χ1v) is 9.40. The van der Waals surface area contributed by atoms with Gasteiger partial charge in [-0.2, -0.15) is 0 Å². The Morgan fingerprint density at radius 3 is 2.76 bits per heavy atom. The third-order valence-electron chi connectivity index (χ3n) is 5.67. The number of benzene rings is 1. The summed E-state index contributed by atoms with van der Waals surface area (Å²) in [5, 5.41) is 16.7. The molecule has 2 aromatic rings. The Kier molecular flexibility index (Phi) is 5.61. The number of hydrogen-bond acceptors (Lipinski definition) is 6. The number of hydrogen-bond donors (Lipinski definition) is 2. The van der Waals surface area contributed by atoms with Gasteiger partial charge < -0.3 is 24.7 Å². The van der Waals surface area contributed by atoms with Gasteiger partial charge in [0, 0.05) is 24.7 Å². The van der Waals surface area contributed by atoms with E-state index in [1.165, 1.54) is 13.3 Å². The van der Waals surface area contributed by atoms with Gasteiger partial charge in [0.2, 0.25) is 5.43 Å². The van der Waals surface area contributed by atoms with E-state index in [-0.39, 0.29) is 16.5 Å². The van der Waals surface area contributed by atoms with Crippen molar-refractivity contribution in [3.8, 4) is 0 Å². The molecule has 2 heterocycles. The molecule has 0 spiro atoms. The fourth-order valence-corrected chi connectivity index (χ4v) is 3.71. The second kappa shape index (κ2) is 7.82. The predicted molar refractivity (Wildman–Crippen MR) is 110 cm³/mol. The Morgan fingerprint density at radius 1 is 1.45 bits per heavy atom. The summed E-state index contributed by atoms with van der Waals surface area (Å²) in [6, 6.07) is 2.73. The Morgan fingerprint density at radius 2 is 2.17 bits per heavy atom. The van der Waals surface area contributed by atoms with Crippen molar-refractivity contribution in [3.05, 3.63) is 39.9 Å². The lowest BCUT2D eigenvalue weighted by Crippen LogP contribution is -2.58. The van der Waals surface area contributed by atoms with E-state index >= 15 is 4.39 Å². The summed E-state index contributed by atoms with van der Waals surface area (Å²) in [5.41, 5.74) is 0.147. The van der Waals surface area contributed by atoms with Gasteiger partial charge >= 0.3 is 5.97 Å². The minimum atomic E-state index is -1.33. The molecule has 1 fully saturated rings. The lowest BCUT2D eigenvalue weighted by atomic mass is 9.87. The average Bonchev–Trinajstić information content (AvgIpc) is 2.70. The number of fused-ring (bicyclic) bond motifs is 1. The highest BCUT2D eigenvalue weighted by molar-refractivity contribution is 5.98. The van der Waals surface area contributed by atoms with Gasteiger partial charge in [-0.3, -0.25) is 4.79 Å². The molecule has 3 rings (SSSR count). The van der Waals surface area contributed by atoms with Gasteiger partial charge in [-0.25, -0.2) is 9.18 Å². The van der Waals surface area contributed by atoms with Gasteiger partial charge in [-0.05, 0) is 39.4 Å². The number of nitrogens with zero attached hydrogens (tertiary/aromatic N) is 3. The molecule has 0 radical (unpaired) electrons. The quantitative estimate of drug-likeness (QED) is 0.741. The van der Waals surface area contributed by atoms with Crippen LogP contribution >= 0.6 is 0 Å². The van der Waals surface area contributed by atoms with E-state index < -0.39 is 17.2 Å². The molecule has 1 atom stereocenters. The minimum absolute atomic E-state index is 0.0517. The molecule has 0 saturated carbocycles. The first kappa shape index (κ1) is 20.8. The Labute approximate surface area is 167 Å². The molecule has 0 amide bonds. The van der Waals surface area contributed by atoms with Crippen molar-refractivity contribution in [3.63, 3.8) is 0 Å². The van der Waals surface area contributed by atoms with E-state index in [2.05, 4.69) is 10.5 Å². The predicted octanol–water partition coefficient (Wildman–Crippen LogP) is 2.05. The highest BCUT2D eigenvalue weighted by atomic mass is 19.1. The highest BCUT2D eigenvalue weighted by Crippen LogP contribution is 2.29. The van der Waals surface area contributed by atoms with Crippen LogP contribution in [0.2, 0.25) is 0 Å². The van der Waals surface area contributed by atoms with Crippen molar-refractivity contribution >= 4 is 28.3 Å². The molecule has 1 aliphatic rings. The second-order valence-electron chi connectivity index (χ2n) is 7.26. The summed E-state index contributed by atoms with van der Waals surface area (Å²) >= 11 is 0. The second-order valence-corrected chi connectivity index (χ2v) is 7.26. The van der Waals surface area contributed by atoms with Crippen LogP contribution in [-0.4, -0.2) is 54.1 Å². The highest BCUT2D eigenvalue weighted by Gasteiger charge is 2.36. The van der Waals surface area contributed by atoms with Crippen LogP contribution in [0.3, 0.4) is 0 Å². The lowest BCUT2D eigenvalue weighted by molar-refractivity contribution is 0.0695. The normalized spacial score (nSPS) is 21.0. The Hall–Kier alpha value is -2.94. The third-order valence-corrected chi connectivity index (χ3v) is 5.67. The molecule has 1 aromatic heterocycles. The molecule has 2 N–H and O–H groups in total. The number of rotatable bonds is 5. The monoisotopic (exact) mass is 404 g/mol. The topological polar surface area (TPSA) is 96.2 Å². The lowest BCUT2D eigenvalue weighted by Gasteiger charge is -2.41. The summed E-state index contributed by atoms with van der Waals surface area (Å²) in [4.78, 5) is 30.7. The summed E-state index contributed by atoms with van der Waals surface area (Å²) < 4.78 is 16.7. The van der Waals surface area contributed by atoms with Crippen LogP contribution in [0.1, 0.15) is 30.6 Å². The minimum Gasteiger partial charge on any atom is -0.477 e. The fourth-order valence-electron chi connectivity index (χ4n) is 3.71. The number of aromatic carboxylic acids is 1. The third kappa shape index (κ3) is 3.57. The average molecular weight is 404 g/mol. The largest absolute Gasteiger partial charge is 0.477 e. The van der Waals surface area contributed by atoms with Crippen molar-refractivity contribution in [2.75, 3.05) is 32.1 Å². The van der Waals surface area contributed by atoms with Crippen molar-refractivity contribution in [2.45, 2.75) is 32.4 Å². The Bertz CT molecular complexity index is 1050. The zero-order chi connectivity index (χ0) is 21.3. The maximum absolute atomic E-state index is 15.0. The number of carboxylic acid groups (broad SMARTS) is 1. The molecule has 0 aliphatic carbocycles. The van der Waals surface area contributed by atoms with Crippen LogP contribution in [0, 0.1) is 5.82 Å². The van der Waals surface area contributed by atoms with E-state index in [9.17, 15) is 14.7 Å².